The van der Waals surface area contributed by atoms with E-state index in [2.05, 4.69) is 10.6 Å². The van der Waals surface area contributed by atoms with Crippen molar-refractivity contribution in [3.05, 3.63) is 71.8 Å². The molecule has 30 heavy (non-hydrogen) atoms. The Morgan fingerprint density at radius 2 is 1.53 bits per heavy atom. The van der Waals surface area contributed by atoms with E-state index in [1.54, 1.807) is 0 Å². The first-order valence-electron chi connectivity index (χ1n) is 9.47. The number of nitriles is 1. The Morgan fingerprint density at radius 3 is 2.10 bits per heavy atom. The van der Waals surface area contributed by atoms with Gasteiger partial charge in [0.25, 0.3) is 0 Å². The van der Waals surface area contributed by atoms with Crippen molar-refractivity contribution in [3.8, 4) is 6.07 Å². The van der Waals surface area contributed by atoms with Gasteiger partial charge < -0.3 is 21.1 Å². The minimum Gasteiger partial charge on any atom is -0.445 e. The molecule has 0 bridgehead atoms. The monoisotopic (exact) mass is 408 g/mol. The number of nitrogens with one attached hydrogen (secondary N) is 2. The summed E-state index contributed by atoms with van der Waals surface area (Å²) in [5, 5.41) is 13.8. The van der Waals surface area contributed by atoms with Crippen LogP contribution in [-0.2, 0) is 27.4 Å². The van der Waals surface area contributed by atoms with E-state index in [4.69, 9.17) is 15.7 Å². The zero-order valence-electron chi connectivity index (χ0n) is 16.4. The highest BCUT2D eigenvalue weighted by Gasteiger charge is 2.26. The second-order valence-corrected chi connectivity index (χ2v) is 6.61. The van der Waals surface area contributed by atoms with Crippen LogP contribution in [0.2, 0.25) is 0 Å². The summed E-state index contributed by atoms with van der Waals surface area (Å²) in [5.74, 6) is -1.33. The molecular weight excluding hydrogens is 384 g/mol. The predicted molar refractivity (Wildman–Crippen MR) is 110 cm³/mol. The van der Waals surface area contributed by atoms with Gasteiger partial charge in [0.1, 0.15) is 18.7 Å². The van der Waals surface area contributed by atoms with Crippen LogP contribution in [0.4, 0.5) is 4.79 Å². The van der Waals surface area contributed by atoms with Gasteiger partial charge in [-0.3, -0.25) is 9.59 Å². The molecule has 156 valence electrons. The van der Waals surface area contributed by atoms with Gasteiger partial charge in [-0.25, -0.2) is 4.79 Å². The molecule has 8 heteroatoms. The number of nitrogens with zero attached hydrogens (tertiary/aromatic N) is 1. The van der Waals surface area contributed by atoms with Gasteiger partial charge in [0, 0.05) is 12.8 Å². The Labute approximate surface area is 175 Å². The molecule has 4 N–H and O–H groups in total. The maximum atomic E-state index is 12.8. The molecule has 0 aliphatic heterocycles. The fraction of sp³-hybridized carbons (Fsp3) is 0.273. The first-order valence-corrected chi connectivity index (χ1v) is 9.47. The highest BCUT2D eigenvalue weighted by molar-refractivity contribution is 5.90. The van der Waals surface area contributed by atoms with Gasteiger partial charge in [-0.05, 0) is 17.5 Å². The molecule has 2 aromatic carbocycles. The lowest BCUT2D eigenvalue weighted by Crippen LogP contribution is -2.53. The molecule has 0 unspecified atom stereocenters. The van der Waals surface area contributed by atoms with E-state index in [9.17, 15) is 14.4 Å². The quantitative estimate of drug-likeness (QED) is 0.551. The number of carbonyl (C=O) groups is 3. The van der Waals surface area contributed by atoms with Gasteiger partial charge in [0.15, 0.2) is 0 Å². The minimum atomic E-state index is -1.00. The summed E-state index contributed by atoms with van der Waals surface area (Å²) in [6.07, 6.45) is -0.420. The standard InChI is InChI=1S/C22H24N4O4/c23-13-7-12-18(20(24)27)25-21(28)19(14-16-8-3-1-4-9-16)26-22(29)30-15-17-10-5-2-6-11-17/h1-6,8-11,18-19H,7,12,14-15H2,(H2,24,27)(H,25,28)(H,26,29)/t18-,19+/m1/s1. The molecular formula is C22H24N4O4. The molecule has 0 saturated carbocycles. The normalized spacial score (nSPS) is 12.1. The number of amides is 3. The van der Waals surface area contributed by atoms with Crippen LogP contribution in [0.15, 0.2) is 60.7 Å². The van der Waals surface area contributed by atoms with E-state index >= 15 is 0 Å². The SMILES string of the molecule is N#CCC[C@@H](NC(=O)[C@H](Cc1ccccc1)NC(=O)OCc1ccccc1)C(N)=O. The van der Waals surface area contributed by atoms with Gasteiger partial charge >= 0.3 is 6.09 Å². The average molecular weight is 408 g/mol. The van der Waals surface area contributed by atoms with Crippen LogP contribution in [0.5, 0.6) is 0 Å². The first kappa shape index (κ1) is 22.4. The largest absolute Gasteiger partial charge is 0.445 e. The Balaban J connectivity index is 2.05. The van der Waals surface area contributed by atoms with Gasteiger partial charge in [0.2, 0.25) is 11.8 Å². The maximum Gasteiger partial charge on any atom is 0.408 e. The summed E-state index contributed by atoms with van der Waals surface area (Å²) >= 11 is 0. The lowest BCUT2D eigenvalue weighted by Gasteiger charge is -2.21. The Bertz CT molecular complexity index is 881. The number of carbonyl (C=O) groups excluding carboxylic acids is 3. The summed E-state index contributed by atoms with van der Waals surface area (Å²) < 4.78 is 5.20. The highest BCUT2D eigenvalue weighted by Crippen LogP contribution is 2.06. The van der Waals surface area contributed by atoms with E-state index in [0.717, 1.165) is 11.1 Å². The smallest absolute Gasteiger partial charge is 0.408 e. The molecule has 0 aliphatic rings. The van der Waals surface area contributed by atoms with Gasteiger partial charge in [-0.2, -0.15) is 5.26 Å². The summed E-state index contributed by atoms with van der Waals surface area (Å²) in [6, 6.07) is 18.2. The third-order valence-corrected chi connectivity index (χ3v) is 4.31. The topological polar surface area (TPSA) is 134 Å². The Kier molecular flexibility index (Phi) is 8.87. The van der Waals surface area contributed by atoms with Crippen LogP contribution < -0.4 is 16.4 Å². The summed E-state index contributed by atoms with van der Waals surface area (Å²) in [7, 11) is 0. The molecule has 0 fully saturated rings. The lowest BCUT2D eigenvalue weighted by atomic mass is 10.0. The number of hydrogen-bond acceptors (Lipinski definition) is 5. The molecule has 0 aromatic heterocycles. The van der Waals surface area contributed by atoms with Crippen LogP contribution in [0.25, 0.3) is 0 Å². The molecule has 2 rings (SSSR count). The highest BCUT2D eigenvalue weighted by atomic mass is 16.5. The van der Waals surface area contributed by atoms with Crippen molar-refractivity contribution in [3.63, 3.8) is 0 Å². The van der Waals surface area contributed by atoms with E-state index in [0.29, 0.717) is 0 Å². The molecule has 2 atom stereocenters. The van der Waals surface area contributed by atoms with Gasteiger partial charge in [-0.15, -0.1) is 0 Å². The third-order valence-electron chi connectivity index (χ3n) is 4.31. The van der Waals surface area contributed by atoms with Crippen molar-refractivity contribution in [2.24, 2.45) is 5.73 Å². The van der Waals surface area contributed by atoms with Crippen LogP contribution in [0, 0.1) is 11.3 Å². The second-order valence-electron chi connectivity index (χ2n) is 6.61. The summed E-state index contributed by atoms with van der Waals surface area (Å²) in [5.41, 5.74) is 6.94. The van der Waals surface area contributed by atoms with Crippen LogP contribution in [0.3, 0.4) is 0 Å². The minimum absolute atomic E-state index is 0.0540. The zero-order chi connectivity index (χ0) is 21.8. The molecule has 0 radical (unpaired) electrons. The van der Waals surface area contributed by atoms with Crippen molar-refractivity contribution < 1.29 is 19.1 Å². The number of ether oxygens (including phenoxy) is 1. The predicted octanol–water partition coefficient (Wildman–Crippen LogP) is 1.80. The number of alkyl carbamates (subject to hydrolysis) is 1. The van der Waals surface area contributed by atoms with E-state index in [-0.39, 0.29) is 25.9 Å². The lowest BCUT2D eigenvalue weighted by molar-refractivity contribution is -0.128. The Hall–Kier alpha value is -3.86. The molecule has 0 heterocycles. The average Bonchev–Trinajstić information content (AvgIpc) is 2.76. The van der Waals surface area contributed by atoms with Crippen LogP contribution >= 0.6 is 0 Å². The fourth-order valence-corrected chi connectivity index (χ4v) is 2.73. The molecule has 0 saturated heterocycles. The third kappa shape index (κ3) is 7.64. The molecule has 0 aliphatic carbocycles. The summed E-state index contributed by atoms with van der Waals surface area (Å²) in [6.45, 7) is 0.0540. The second kappa shape index (κ2) is 11.9. The number of hydrogen-bond donors (Lipinski definition) is 3. The number of primary amides is 1. The van der Waals surface area contributed by atoms with Crippen molar-refractivity contribution in [2.45, 2.75) is 38.0 Å². The number of benzene rings is 2. The van der Waals surface area contributed by atoms with E-state index < -0.39 is 30.0 Å². The fourth-order valence-electron chi connectivity index (χ4n) is 2.73. The van der Waals surface area contributed by atoms with Crippen LogP contribution in [0.1, 0.15) is 24.0 Å². The van der Waals surface area contributed by atoms with Gasteiger partial charge in [-0.1, -0.05) is 60.7 Å². The van der Waals surface area contributed by atoms with Crippen molar-refractivity contribution >= 4 is 17.9 Å². The number of rotatable bonds is 10. The van der Waals surface area contributed by atoms with Crippen molar-refractivity contribution in [2.75, 3.05) is 0 Å². The zero-order valence-corrected chi connectivity index (χ0v) is 16.4. The van der Waals surface area contributed by atoms with Crippen LogP contribution in [-0.4, -0.2) is 30.0 Å². The van der Waals surface area contributed by atoms with Gasteiger partial charge in [0.05, 0.1) is 6.07 Å². The number of nitrogens with two attached hydrogens (primary N) is 1. The van der Waals surface area contributed by atoms with Crippen molar-refractivity contribution in [1.82, 2.24) is 10.6 Å². The van der Waals surface area contributed by atoms with E-state index in [1.165, 1.54) is 0 Å². The summed E-state index contributed by atoms with van der Waals surface area (Å²) in [4.78, 5) is 36.6. The molecule has 2 aromatic rings. The first-order chi connectivity index (χ1) is 14.5. The van der Waals surface area contributed by atoms with Crippen molar-refractivity contribution in [1.29, 1.82) is 5.26 Å². The van der Waals surface area contributed by atoms with E-state index in [1.807, 2.05) is 66.7 Å². The molecule has 8 nitrogen and oxygen atoms in total. The molecule has 0 spiro atoms. The maximum absolute atomic E-state index is 12.8. The molecule has 3 amide bonds. The Morgan fingerprint density at radius 1 is 0.933 bits per heavy atom.